The first kappa shape index (κ1) is 13.4. The Bertz CT molecular complexity index is 528. The molecule has 0 atom stereocenters. The van der Waals surface area contributed by atoms with Crippen molar-refractivity contribution in [3.05, 3.63) is 29.3 Å². The molecule has 1 heterocycles. The molecule has 1 saturated heterocycles. The third-order valence-electron chi connectivity index (χ3n) is 3.65. The van der Waals surface area contributed by atoms with E-state index in [0.29, 0.717) is 17.2 Å². The first-order valence-electron chi connectivity index (χ1n) is 6.59. The highest BCUT2D eigenvalue weighted by Crippen LogP contribution is 2.20. The molecule has 0 saturated carbocycles. The first-order chi connectivity index (χ1) is 9.15. The zero-order valence-corrected chi connectivity index (χ0v) is 11.4. The Morgan fingerprint density at radius 3 is 2.16 bits per heavy atom. The van der Waals surface area contributed by atoms with E-state index < -0.39 is 0 Å². The first-order valence-corrected chi connectivity index (χ1v) is 6.59. The van der Waals surface area contributed by atoms with Crippen molar-refractivity contribution in [2.45, 2.75) is 19.9 Å². The van der Waals surface area contributed by atoms with Gasteiger partial charge in [-0.2, -0.15) is 10.5 Å². The van der Waals surface area contributed by atoms with E-state index in [9.17, 15) is 0 Å². The van der Waals surface area contributed by atoms with E-state index in [2.05, 4.69) is 29.7 Å². The highest BCUT2D eigenvalue weighted by Gasteiger charge is 2.19. The van der Waals surface area contributed by atoms with Gasteiger partial charge in [-0.3, -0.25) is 4.90 Å². The van der Waals surface area contributed by atoms with Crippen LogP contribution in [-0.4, -0.2) is 37.1 Å². The standard InChI is InChI=1S/C15H18N4/c1-12(2)18-5-7-19(8-6-18)15-4-3-13(10-16)14(9-15)11-17/h3-4,9,12H,5-8H2,1-2H3. The lowest BCUT2D eigenvalue weighted by Gasteiger charge is -2.38. The summed E-state index contributed by atoms with van der Waals surface area (Å²) in [5.74, 6) is 0. The van der Waals surface area contributed by atoms with Crippen molar-refractivity contribution in [2.24, 2.45) is 0 Å². The van der Waals surface area contributed by atoms with Gasteiger partial charge in [-0.1, -0.05) is 0 Å². The predicted octanol–water partition coefficient (Wildman–Crippen LogP) is 1.96. The highest BCUT2D eigenvalue weighted by molar-refractivity contribution is 5.57. The Balaban J connectivity index is 2.13. The molecule has 0 unspecified atom stereocenters. The molecule has 0 aliphatic carbocycles. The second kappa shape index (κ2) is 5.73. The second-order valence-electron chi connectivity index (χ2n) is 5.07. The van der Waals surface area contributed by atoms with Gasteiger partial charge >= 0.3 is 0 Å². The fourth-order valence-corrected chi connectivity index (χ4v) is 2.42. The van der Waals surface area contributed by atoms with Crippen LogP contribution in [0.25, 0.3) is 0 Å². The summed E-state index contributed by atoms with van der Waals surface area (Å²) in [6.07, 6.45) is 0. The van der Waals surface area contributed by atoms with Crippen molar-refractivity contribution < 1.29 is 0 Å². The average molecular weight is 254 g/mol. The Labute approximate surface area is 114 Å². The third kappa shape index (κ3) is 2.86. The summed E-state index contributed by atoms with van der Waals surface area (Å²) < 4.78 is 0. The van der Waals surface area contributed by atoms with Gasteiger partial charge in [-0.15, -0.1) is 0 Å². The minimum atomic E-state index is 0.451. The Morgan fingerprint density at radius 1 is 1.00 bits per heavy atom. The summed E-state index contributed by atoms with van der Waals surface area (Å²) in [6.45, 7) is 8.44. The molecule has 0 radical (unpaired) electrons. The van der Waals surface area contributed by atoms with Gasteiger partial charge in [0.1, 0.15) is 12.1 Å². The van der Waals surface area contributed by atoms with Crippen molar-refractivity contribution in [1.29, 1.82) is 10.5 Å². The lowest BCUT2D eigenvalue weighted by molar-refractivity contribution is 0.209. The number of nitriles is 2. The summed E-state index contributed by atoms with van der Waals surface area (Å²) in [7, 11) is 0. The van der Waals surface area contributed by atoms with Crippen molar-refractivity contribution in [3.8, 4) is 12.1 Å². The molecular weight excluding hydrogens is 236 g/mol. The van der Waals surface area contributed by atoms with E-state index in [1.54, 1.807) is 6.07 Å². The summed E-state index contributed by atoms with van der Waals surface area (Å²) in [4.78, 5) is 4.73. The molecule has 0 aromatic heterocycles. The van der Waals surface area contributed by atoms with Crippen LogP contribution in [0.15, 0.2) is 18.2 Å². The van der Waals surface area contributed by atoms with Gasteiger partial charge in [0, 0.05) is 37.9 Å². The molecule has 0 bridgehead atoms. The van der Waals surface area contributed by atoms with Crippen molar-refractivity contribution >= 4 is 5.69 Å². The van der Waals surface area contributed by atoms with Gasteiger partial charge in [0.15, 0.2) is 0 Å². The van der Waals surface area contributed by atoms with Crippen molar-refractivity contribution in [1.82, 2.24) is 4.90 Å². The van der Waals surface area contributed by atoms with Crippen LogP contribution in [0.3, 0.4) is 0 Å². The minimum absolute atomic E-state index is 0.451. The van der Waals surface area contributed by atoms with Gasteiger partial charge < -0.3 is 4.90 Å². The van der Waals surface area contributed by atoms with Crippen LogP contribution in [0.4, 0.5) is 5.69 Å². The number of hydrogen-bond donors (Lipinski definition) is 0. The fraction of sp³-hybridized carbons (Fsp3) is 0.467. The largest absolute Gasteiger partial charge is 0.369 e. The quantitative estimate of drug-likeness (QED) is 0.809. The molecule has 19 heavy (non-hydrogen) atoms. The summed E-state index contributed by atoms with van der Waals surface area (Å²) >= 11 is 0. The SMILES string of the molecule is CC(C)N1CCN(c2ccc(C#N)c(C#N)c2)CC1. The molecule has 1 aliphatic heterocycles. The Morgan fingerprint density at radius 2 is 1.63 bits per heavy atom. The normalized spacial score (nSPS) is 16.2. The van der Waals surface area contributed by atoms with Crippen molar-refractivity contribution in [3.63, 3.8) is 0 Å². The predicted molar refractivity (Wildman–Crippen MR) is 74.8 cm³/mol. The lowest BCUT2D eigenvalue weighted by Crippen LogP contribution is -2.48. The van der Waals surface area contributed by atoms with Crippen LogP contribution in [0.5, 0.6) is 0 Å². The molecule has 0 amide bonds. The molecule has 4 heteroatoms. The summed E-state index contributed by atoms with van der Waals surface area (Å²) in [6, 6.07) is 10.2. The zero-order chi connectivity index (χ0) is 13.8. The summed E-state index contributed by atoms with van der Waals surface area (Å²) in [5.41, 5.74) is 1.96. The summed E-state index contributed by atoms with van der Waals surface area (Å²) in [5, 5.41) is 18.0. The number of rotatable bonds is 2. The fourth-order valence-electron chi connectivity index (χ4n) is 2.42. The molecule has 1 aromatic carbocycles. The van der Waals surface area contributed by atoms with Crippen LogP contribution < -0.4 is 4.90 Å². The van der Waals surface area contributed by atoms with Crippen LogP contribution in [0.1, 0.15) is 25.0 Å². The lowest BCUT2D eigenvalue weighted by atomic mass is 10.1. The number of hydrogen-bond acceptors (Lipinski definition) is 4. The number of nitrogens with zero attached hydrogens (tertiary/aromatic N) is 4. The minimum Gasteiger partial charge on any atom is -0.369 e. The van der Waals surface area contributed by atoms with Gasteiger partial charge in [-0.25, -0.2) is 0 Å². The molecule has 1 fully saturated rings. The third-order valence-corrected chi connectivity index (χ3v) is 3.65. The van der Waals surface area contributed by atoms with Crippen LogP contribution in [0.2, 0.25) is 0 Å². The number of piperazine rings is 1. The molecule has 1 aliphatic rings. The van der Waals surface area contributed by atoms with Gasteiger partial charge in [0.25, 0.3) is 0 Å². The van der Waals surface area contributed by atoms with E-state index in [1.165, 1.54) is 0 Å². The zero-order valence-electron chi connectivity index (χ0n) is 11.4. The maximum atomic E-state index is 9.06. The molecule has 4 nitrogen and oxygen atoms in total. The maximum Gasteiger partial charge on any atom is 0.101 e. The van der Waals surface area contributed by atoms with E-state index in [-0.39, 0.29) is 0 Å². The van der Waals surface area contributed by atoms with Gasteiger partial charge in [0.2, 0.25) is 0 Å². The molecule has 2 rings (SSSR count). The monoisotopic (exact) mass is 254 g/mol. The molecule has 98 valence electrons. The molecule has 0 spiro atoms. The topological polar surface area (TPSA) is 54.1 Å². The van der Waals surface area contributed by atoms with E-state index in [4.69, 9.17) is 10.5 Å². The molecule has 0 N–H and O–H groups in total. The number of benzene rings is 1. The Hall–Kier alpha value is -2.04. The van der Waals surface area contributed by atoms with E-state index >= 15 is 0 Å². The van der Waals surface area contributed by atoms with Gasteiger partial charge in [-0.05, 0) is 32.0 Å². The van der Waals surface area contributed by atoms with Crippen molar-refractivity contribution in [2.75, 3.05) is 31.1 Å². The van der Waals surface area contributed by atoms with Crippen LogP contribution >= 0.6 is 0 Å². The molecular formula is C15H18N4. The molecule has 1 aromatic rings. The van der Waals surface area contributed by atoms with Crippen LogP contribution in [-0.2, 0) is 0 Å². The van der Waals surface area contributed by atoms with E-state index in [0.717, 1.165) is 31.9 Å². The smallest absolute Gasteiger partial charge is 0.101 e. The average Bonchev–Trinajstić information content (AvgIpc) is 2.46. The highest BCUT2D eigenvalue weighted by atomic mass is 15.3. The van der Waals surface area contributed by atoms with Gasteiger partial charge in [0.05, 0.1) is 11.1 Å². The Kier molecular flexibility index (Phi) is 4.04. The number of anilines is 1. The van der Waals surface area contributed by atoms with E-state index in [1.807, 2.05) is 18.2 Å². The second-order valence-corrected chi connectivity index (χ2v) is 5.07. The maximum absolute atomic E-state index is 9.06. The van der Waals surface area contributed by atoms with Crippen LogP contribution in [0, 0.1) is 22.7 Å².